The topological polar surface area (TPSA) is 91.5 Å². The second-order valence-corrected chi connectivity index (χ2v) is 4.66. The highest BCUT2D eigenvalue weighted by molar-refractivity contribution is 5.45. The first-order chi connectivity index (χ1) is 8.99. The van der Waals surface area contributed by atoms with Gasteiger partial charge in [0.05, 0.1) is 11.0 Å². The maximum atomic E-state index is 11.0. The highest BCUT2D eigenvalue weighted by Gasteiger charge is 2.27. The third kappa shape index (κ3) is 3.02. The van der Waals surface area contributed by atoms with E-state index in [1.54, 1.807) is 14.0 Å². The number of hydrogen-bond donors (Lipinski definition) is 1. The number of aryl methyl sites for hydroxylation is 2. The third-order valence-electron chi connectivity index (χ3n) is 2.96. The quantitative estimate of drug-likeness (QED) is 0.628. The molecule has 1 aliphatic heterocycles. The molecule has 2 atom stereocenters. The van der Waals surface area contributed by atoms with Crippen LogP contribution in [0.3, 0.4) is 0 Å². The Morgan fingerprint density at radius 1 is 1.63 bits per heavy atom. The Morgan fingerprint density at radius 2 is 2.37 bits per heavy atom. The number of rotatable bonds is 4. The second-order valence-electron chi connectivity index (χ2n) is 4.66. The molecule has 0 saturated carbocycles. The van der Waals surface area contributed by atoms with Gasteiger partial charge in [0.15, 0.2) is 0 Å². The molecule has 2 unspecified atom stereocenters. The summed E-state index contributed by atoms with van der Waals surface area (Å²) in [5, 5.41) is 18.2. The number of aromatic nitrogens is 2. The van der Waals surface area contributed by atoms with Gasteiger partial charge in [0.1, 0.15) is 18.4 Å². The summed E-state index contributed by atoms with van der Waals surface area (Å²) in [6, 6.07) is 0. The van der Waals surface area contributed by atoms with Crippen LogP contribution in [0.4, 0.5) is 5.69 Å². The molecule has 2 heterocycles. The van der Waals surface area contributed by atoms with Gasteiger partial charge < -0.3 is 14.8 Å². The summed E-state index contributed by atoms with van der Waals surface area (Å²) in [5.74, 6) is 0.171. The average molecular weight is 270 g/mol. The molecule has 1 fully saturated rings. The molecule has 8 heteroatoms. The second kappa shape index (κ2) is 5.54. The fraction of sp³-hybridized carbons (Fsp3) is 0.727. The summed E-state index contributed by atoms with van der Waals surface area (Å²) < 4.78 is 12.6. The summed E-state index contributed by atoms with van der Waals surface area (Å²) in [4.78, 5) is 10.5. The first-order valence-corrected chi connectivity index (χ1v) is 6.16. The van der Waals surface area contributed by atoms with Gasteiger partial charge in [0.2, 0.25) is 0 Å². The van der Waals surface area contributed by atoms with Crippen molar-refractivity contribution in [3.8, 4) is 5.88 Å². The zero-order valence-electron chi connectivity index (χ0n) is 11.3. The fourth-order valence-corrected chi connectivity index (χ4v) is 2.14. The maximum absolute atomic E-state index is 11.0. The van der Waals surface area contributed by atoms with E-state index in [0.29, 0.717) is 12.2 Å². The van der Waals surface area contributed by atoms with Crippen LogP contribution in [0.15, 0.2) is 0 Å². The summed E-state index contributed by atoms with van der Waals surface area (Å²) in [7, 11) is 1.62. The molecule has 0 aliphatic carbocycles. The number of nitro groups is 1. The first kappa shape index (κ1) is 13.8. The summed E-state index contributed by atoms with van der Waals surface area (Å²) in [5.41, 5.74) is 0.262. The molecule has 0 bridgehead atoms. The van der Waals surface area contributed by atoms with Gasteiger partial charge in [0.25, 0.3) is 5.88 Å². The smallest absolute Gasteiger partial charge is 0.353 e. The molecule has 1 aliphatic rings. The van der Waals surface area contributed by atoms with Crippen molar-refractivity contribution in [2.24, 2.45) is 7.05 Å². The largest absolute Gasteiger partial charge is 0.470 e. The number of morpholine rings is 1. The van der Waals surface area contributed by atoms with Gasteiger partial charge in [-0.2, -0.15) is 5.10 Å². The summed E-state index contributed by atoms with van der Waals surface area (Å²) >= 11 is 0. The van der Waals surface area contributed by atoms with E-state index < -0.39 is 4.92 Å². The van der Waals surface area contributed by atoms with Crippen molar-refractivity contribution in [2.45, 2.75) is 26.1 Å². The minimum Gasteiger partial charge on any atom is -0.470 e. The van der Waals surface area contributed by atoms with E-state index in [0.717, 1.165) is 6.54 Å². The van der Waals surface area contributed by atoms with Crippen LogP contribution in [-0.4, -0.2) is 46.6 Å². The summed E-state index contributed by atoms with van der Waals surface area (Å²) in [6.07, 6.45) is 0.00386. The molecule has 1 saturated heterocycles. The Morgan fingerprint density at radius 3 is 3.00 bits per heavy atom. The Kier molecular flexibility index (Phi) is 4.01. The minimum absolute atomic E-state index is 0.0840. The lowest BCUT2D eigenvalue weighted by atomic mass is 10.2. The van der Waals surface area contributed by atoms with Crippen LogP contribution in [0.25, 0.3) is 0 Å². The number of nitrogens with zero attached hydrogens (tertiary/aromatic N) is 3. The monoisotopic (exact) mass is 270 g/mol. The Balaban J connectivity index is 2.05. The minimum atomic E-state index is -0.472. The van der Waals surface area contributed by atoms with Crippen LogP contribution in [0, 0.1) is 17.0 Å². The molecule has 1 N–H and O–H groups in total. The first-order valence-electron chi connectivity index (χ1n) is 6.16. The normalized spacial score (nSPS) is 23.3. The zero-order valence-corrected chi connectivity index (χ0v) is 11.3. The van der Waals surface area contributed by atoms with Crippen LogP contribution >= 0.6 is 0 Å². The average Bonchev–Trinajstić information content (AvgIpc) is 2.61. The van der Waals surface area contributed by atoms with Crippen molar-refractivity contribution in [2.75, 3.05) is 19.7 Å². The molecular formula is C11H18N4O4. The summed E-state index contributed by atoms with van der Waals surface area (Å²) in [6.45, 7) is 5.30. The maximum Gasteiger partial charge on any atom is 0.353 e. The van der Waals surface area contributed by atoms with E-state index in [1.807, 2.05) is 6.92 Å². The van der Waals surface area contributed by atoms with E-state index >= 15 is 0 Å². The predicted octanol–water partition coefficient (Wildman–Crippen LogP) is 0.392. The van der Waals surface area contributed by atoms with Gasteiger partial charge in [-0.05, 0) is 13.8 Å². The van der Waals surface area contributed by atoms with Crippen molar-refractivity contribution in [1.29, 1.82) is 0 Å². The molecule has 19 heavy (non-hydrogen) atoms. The van der Waals surface area contributed by atoms with Gasteiger partial charge in [-0.15, -0.1) is 0 Å². The third-order valence-corrected chi connectivity index (χ3v) is 2.96. The van der Waals surface area contributed by atoms with E-state index in [-0.39, 0.29) is 30.4 Å². The Labute approximate surface area is 110 Å². The predicted molar refractivity (Wildman–Crippen MR) is 67.3 cm³/mol. The Hall–Kier alpha value is -1.67. The zero-order chi connectivity index (χ0) is 14.0. The lowest BCUT2D eigenvalue weighted by molar-refractivity contribution is -0.386. The molecule has 8 nitrogen and oxygen atoms in total. The van der Waals surface area contributed by atoms with Crippen LogP contribution < -0.4 is 10.1 Å². The van der Waals surface area contributed by atoms with Gasteiger partial charge in [-0.3, -0.25) is 10.1 Å². The molecule has 0 amide bonds. The van der Waals surface area contributed by atoms with Crippen molar-refractivity contribution in [3.63, 3.8) is 0 Å². The number of nitrogens with one attached hydrogen (secondary N) is 1. The number of ether oxygens (including phenoxy) is 2. The molecule has 106 valence electrons. The molecular weight excluding hydrogens is 252 g/mol. The van der Waals surface area contributed by atoms with Crippen LogP contribution in [0.1, 0.15) is 12.6 Å². The van der Waals surface area contributed by atoms with E-state index in [9.17, 15) is 10.1 Å². The van der Waals surface area contributed by atoms with E-state index in [2.05, 4.69) is 10.4 Å². The number of hydrogen-bond acceptors (Lipinski definition) is 6. The highest BCUT2D eigenvalue weighted by atomic mass is 16.6. The van der Waals surface area contributed by atoms with Gasteiger partial charge >= 0.3 is 5.69 Å². The van der Waals surface area contributed by atoms with Crippen LogP contribution in [-0.2, 0) is 11.8 Å². The molecule has 0 aromatic carbocycles. The molecule has 1 aromatic rings. The van der Waals surface area contributed by atoms with E-state index in [1.165, 1.54) is 4.68 Å². The van der Waals surface area contributed by atoms with Crippen LogP contribution in [0.2, 0.25) is 0 Å². The Bertz CT molecular complexity index is 474. The van der Waals surface area contributed by atoms with Crippen molar-refractivity contribution >= 4 is 5.69 Å². The highest BCUT2D eigenvalue weighted by Crippen LogP contribution is 2.29. The lowest BCUT2D eigenvalue weighted by Gasteiger charge is -2.28. The standard InChI is InChI=1S/C11H18N4O4/c1-7-4-12-5-9(19-7)6-18-11-10(15(16)17)8(2)13-14(11)3/h7,9,12H,4-6H2,1-3H3. The molecule has 0 radical (unpaired) electrons. The van der Waals surface area contributed by atoms with Gasteiger partial charge in [0, 0.05) is 20.1 Å². The lowest BCUT2D eigenvalue weighted by Crippen LogP contribution is -2.46. The van der Waals surface area contributed by atoms with Crippen molar-refractivity contribution in [1.82, 2.24) is 15.1 Å². The van der Waals surface area contributed by atoms with Crippen molar-refractivity contribution in [3.05, 3.63) is 15.8 Å². The van der Waals surface area contributed by atoms with Crippen molar-refractivity contribution < 1.29 is 14.4 Å². The SMILES string of the molecule is Cc1nn(C)c(OCC2CNCC(C)O2)c1[N+](=O)[O-]. The van der Waals surface area contributed by atoms with E-state index in [4.69, 9.17) is 9.47 Å². The molecule has 1 aromatic heterocycles. The van der Waals surface area contributed by atoms with Gasteiger partial charge in [-0.25, -0.2) is 4.68 Å². The fourth-order valence-electron chi connectivity index (χ4n) is 2.14. The molecule has 0 spiro atoms. The van der Waals surface area contributed by atoms with Gasteiger partial charge in [-0.1, -0.05) is 0 Å². The van der Waals surface area contributed by atoms with Crippen LogP contribution in [0.5, 0.6) is 5.88 Å². The molecule has 2 rings (SSSR count).